The predicted molar refractivity (Wildman–Crippen MR) is 125 cm³/mol. The molecule has 0 aliphatic heterocycles. The quantitative estimate of drug-likeness (QED) is 0.497. The lowest BCUT2D eigenvalue weighted by Crippen LogP contribution is -2.16. The van der Waals surface area contributed by atoms with Gasteiger partial charge in [0, 0.05) is 6.26 Å². The molecule has 4 nitrogen and oxygen atoms in total. The largest absolute Gasteiger partial charge is 0.493 e. The molecular formula is C26H30O4S. The minimum atomic E-state index is -2.95. The van der Waals surface area contributed by atoms with Crippen LogP contribution < -0.4 is 4.74 Å². The second-order valence-electron chi connectivity index (χ2n) is 8.39. The third-order valence-corrected chi connectivity index (χ3v) is 6.92. The molecule has 31 heavy (non-hydrogen) atoms. The lowest BCUT2D eigenvalue weighted by molar-refractivity contribution is 0.209. The van der Waals surface area contributed by atoms with Crippen LogP contribution in [0, 0.1) is 6.92 Å². The zero-order valence-electron chi connectivity index (χ0n) is 18.3. The van der Waals surface area contributed by atoms with Crippen LogP contribution in [0.3, 0.4) is 0 Å². The Hall–Kier alpha value is -2.53. The molecule has 0 N–H and O–H groups in total. The first kappa shape index (κ1) is 21.7. The summed E-state index contributed by atoms with van der Waals surface area (Å²) in [6.45, 7) is 3.09. The zero-order chi connectivity index (χ0) is 21.8. The van der Waals surface area contributed by atoms with Crippen molar-refractivity contribution in [2.75, 3.05) is 18.6 Å². The summed E-state index contributed by atoms with van der Waals surface area (Å²) in [6, 6.07) is 10.6. The summed E-state index contributed by atoms with van der Waals surface area (Å²) in [5, 5.41) is 0. The Kier molecular flexibility index (Phi) is 6.51. The van der Waals surface area contributed by atoms with E-state index in [9.17, 15) is 8.42 Å². The van der Waals surface area contributed by atoms with Crippen LogP contribution in [0.25, 0.3) is 11.1 Å². The zero-order valence-corrected chi connectivity index (χ0v) is 19.1. The van der Waals surface area contributed by atoms with E-state index < -0.39 is 9.84 Å². The van der Waals surface area contributed by atoms with E-state index in [0.29, 0.717) is 19.6 Å². The number of hydrogen-bond acceptors (Lipinski definition) is 4. The Morgan fingerprint density at radius 1 is 1.03 bits per heavy atom. The van der Waals surface area contributed by atoms with Crippen molar-refractivity contribution in [2.45, 2.75) is 45.6 Å². The lowest BCUT2D eigenvalue weighted by atomic mass is 9.79. The van der Waals surface area contributed by atoms with Gasteiger partial charge in [-0.05, 0) is 90.6 Å². The molecule has 0 atom stereocenters. The topological polar surface area (TPSA) is 52.6 Å². The predicted octanol–water partition coefficient (Wildman–Crippen LogP) is 5.32. The summed E-state index contributed by atoms with van der Waals surface area (Å²) in [4.78, 5) is 0. The van der Waals surface area contributed by atoms with Crippen LogP contribution in [-0.4, -0.2) is 27.0 Å². The summed E-state index contributed by atoms with van der Waals surface area (Å²) >= 11 is 0. The first-order valence-electron chi connectivity index (χ1n) is 11.0. The van der Waals surface area contributed by atoms with Gasteiger partial charge in [-0.25, -0.2) is 8.42 Å². The van der Waals surface area contributed by atoms with Crippen molar-refractivity contribution in [2.24, 2.45) is 0 Å². The SMILES string of the molecule is Cc1cc(OCCCS(C)(=O)=O)c2c(c1-c1ccccc1COC1=CCCC=C1)CC2. The second kappa shape index (κ2) is 9.31. The monoisotopic (exact) mass is 438 g/mol. The Morgan fingerprint density at radius 3 is 2.55 bits per heavy atom. The highest BCUT2D eigenvalue weighted by atomic mass is 32.2. The van der Waals surface area contributed by atoms with Crippen LogP contribution in [0.5, 0.6) is 5.75 Å². The highest BCUT2D eigenvalue weighted by Crippen LogP contribution is 2.43. The van der Waals surface area contributed by atoms with E-state index in [1.807, 2.05) is 0 Å². The van der Waals surface area contributed by atoms with Crippen molar-refractivity contribution in [3.05, 3.63) is 76.6 Å². The molecule has 0 spiro atoms. The minimum Gasteiger partial charge on any atom is -0.493 e. The van der Waals surface area contributed by atoms with Crippen LogP contribution in [0.2, 0.25) is 0 Å². The first-order valence-corrected chi connectivity index (χ1v) is 13.0. The Balaban J connectivity index is 1.55. The van der Waals surface area contributed by atoms with E-state index in [-0.39, 0.29) is 5.75 Å². The minimum absolute atomic E-state index is 0.158. The second-order valence-corrected chi connectivity index (χ2v) is 10.6. The van der Waals surface area contributed by atoms with Gasteiger partial charge >= 0.3 is 0 Å². The van der Waals surface area contributed by atoms with E-state index >= 15 is 0 Å². The molecule has 0 heterocycles. The summed E-state index contributed by atoms with van der Waals surface area (Å²) in [5.74, 6) is 2.01. The summed E-state index contributed by atoms with van der Waals surface area (Å²) < 4.78 is 34.8. The van der Waals surface area contributed by atoms with Gasteiger partial charge in [-0.1, -0.05) is 30.3 Å². The number of sulfone groups is 1. The van der Waals surface area contributed by atoms with Crippen LogP contribution in [-0.2, 0) is 34.0 Å². The van der Waals surface area contributed by atoms with Crippen molar-refractivity contribution in [3.8, 4) is 16.9 Å². The number of rotatable bonds is 9. The molecule has 0 bridgehead atoms. The number of benzene rings is 2. The van der Waals surface area contributed by atoms with Crippen LogP contribution in [0.15, 0.2) is 54.3 Å². The number of fused-ring (bicyclic) bond motifs is 1. The maximum absolute atomic E-state index is 11.3. The van der Waals surface area contributed by atoms with E-state index in [2.05, 4.69) is 55.5 Å². The summed E-state index contributed by atoms with van der Waals surface area (Å²) in [5.41, 5.74) is 7.48. The summed E-state index contributed by atoms with van der Waals surface area (Å²) in [6.07, 6.45) is 12.3. The average Bonchev–Trinajstić information content (AvgIpc) is 2.72. The van der Waals surface area contributed by atoms with E-state index in [0.717, 1.165) is 37.2 Å². The molecule has 5 heteroatoms. The molecule has 2 aliphatic rings. The highest BCUT2D eigenvalue weighted by Gasteiger charge is 2.26. The number of hydrogen-bond donors (Lipinski definition) is 0. The Morgan fingerprint density at radius 2 is 1.84 bits per heavy atom. The van der Waals surface area contributed by atoms with Gasteiger partial charge in [-0.2, -0.15) is 0 Å². The molecule has 0 aromatic heterocycles. The molecule has 2 aliphatic carbocycles. The molecule has 4 rings (SSSR count). The van der Waals surface area contributed by atoms with E-state index in [1.54, 1.807) is 0 Å². The number of allylic oxidation sites excluding steroid dienone is 3. The van der Waals surface area contributed by atoms with Crippen LogP contribution in [0.1, 0.15) is 41.5 Å². The van der Waals surface area contributed by atoms with Crippen molar-refractivity contribution in [3.63, 3.8) is 0 Å². The fourth-order valence-corrected chi connectivity index (χ4v) is 4.91. The smallest absolute Gasteiger partial charge is 0.147 e. The van der Waals surface area contributed by atoms with Gasteiger partial charge in [-0.15, -0.1) is 0 Å². The first-order chi connectivity index (χ1) is 14.9. The standard InChI is InChI=1S/C26H30O4S/c1-19-17-25(29-15-8-16-31(2,27)28)23-13-14-24(23)26(19)22-12-7-6-9-20(22)18-30-21-10-4-3-5-11-21/h4,6-7,9-12,17H,3,5,8,13-16,18H2,1-2H3. The van der Waals surface area contributed by atoms with Crippen molar-refractivity contribution >= 4 is 9.84 Å². The van der Waals surface area contributed by atoms with Crippen LogP contribution >= 0.6 is 0 Å². The lowest BCUT2D eigenvalue weighted by Gasteiger charge is -2.28. The van der Waals surface area contributed by atoms with Gasteiger partial charge < -0.3 is 9.47 Å². The van der Waals surface area contributed by atoms with Gasteiger partial charge in [0.25, 0.3) is 0 Å². The third kappa shape index (κ3) is 5.21. The fourth-order valence-electron chi connectivity index (χ4n) is 4.27. The van der Waals surface area contributed by atoms with Gasteiger partial charge in [-0.3, -0.25) is 0 Å². The molecule has 0 saturated heterocycles. The Bertz CT molecular complexity index is 1130. The van der Waals surface area contributed by atoms with Gasteiger partial charge in [0.15, 0.2) is 0 Å². The average molecular weight is 439 g/mol. The van der Waals surface area contributed by atoms with E-state index in [4.69, 9.17) is 9.47 Å². The molecule has 0 radical (unpaired) electrons. The maximum Gasteiger partial charge on any atom is 0.147 e. The molecule has 0 saturated carbocycles. The van der Waals surface area contributed by atoms with Crippen LogP contribution in [0.4, 0.5) is 0 Å². The van der Waals surface area contributed by atoms with Crippen molar-refractivity contribution < 1.29 is 17.9 Å². The molecule has 164 valence electrons. The Labute approximate surface area is 185 Å². The van der Waals surface area contributed by atoms with Crippen molar-refractivity contribution in [1.82, 2.24) is 0 Å². The molecular weight excluding hydrogens is 408 g/mol. The van der Waals surface area contributed by atoms with Gasteiger partial charge in [0.1, 0.15) is 28.0 Å². The van der Waals surface area contributed by atoms with Gasteiger partial charge in [0.05, 0.1) is 12.4 Å². The highest BCUT2D eigenvalue weighted by molar-refractivity contribution is 7.90. The summed E-state index contributed by atoms with van der Waals surface area (Å²) in [7, 11) is -2.95. The van der Waals surface area contributed by atoms with E-state index in [1.165, 1.54) is 39.6 Å². The molecule has 0 unspecified atom stereocenters. The van der Waals surface area contributed by atoms with Gasteiger partial charge in [0.2, 0.25) is 0 Å². The maximum atomic E-state index is 11.3. The fraction of sp³-hybridized carbons (Fsp3) is 0.385. The molecule has 2 aromatic carbocycles. The third-order valence-electron chi connectivity index (χ3n) is 5.89. The number of aryl methyl sites for hydroxylation is 1. The normalized spacial score (nSPS) is 15.1. The molecule has 0 fully saturated rings. The van der Waals surface area contributed by atoms with Crippen molar-refractivity contribution in [1.29, 1.82) is 0 Å². The number of ether oxygens (including phenoxy) is 2. The molecule has 0 amide bonds. The molecule has 2 aromatic rings.